The predicted octanol–water partition coefficient (Wildman–Crippen LogP) is 2.37. The highest BCUT2D eigenvalue weighted by Crippen LogP contribution is 2.44. The molecule has 0 spiro atoms. The summed E-state index contributed by atoms with van der Waals surface area (Å²) in [6.45, 7) is 1.76. The Morgan fingerprint density at radius 1 is 1.21 bits per heavy atom. The average molecular weight is 383 g/mol. The first-order chi connectivity index (χ1) is 14.2. The molecule has 0 aromatic carbocycles. The van der Waals surface area contributed by atoms with Crippen LogP contribution in [0.3, 0.4) is 0 Å². The summed E-state index contributed by atoms with van der Waals surface area (Å²) >= 11 is 0. The Bertz CT molecular complexity index is 1130. The lowest BCUT2D eigenvalue weighted by Crippen LogP contribution is -2.36. The molecule has 1 amide bonds. The minimum absolute atomic E-state index is 0.119. The van der Waals surface area contributed by atoms with E-state index in [0.717, 1.165) is 36.5 Å². The number of anilines is 2. The van der Waals surface area contributed by atoms with E-state index in [-0.39, 0.29) is 17.7 Å². The zero-order valence-corrected chi connectivity index (χ0v) is 15.5. The van der Waals surface area contributed by atoms with Crippen LogP contribution in [0, 0.1) is 17.2 Å². The highest BCUT2D eigenvalue weighted by molar-refractivity contribution is 5.96. The van der Waals surface area contributed by atoms with Gasteiger partial charge in [-0.15, -0.1) is 0 Å². The van der Waals surface area contributed by atoms with Gasteiger partial charge in [-0.1, -0.05) is 0 Å². The number of rotatable bonds is 3. The van der Waals surface area contributed by atoms with Gasteiger partial charge >= 0.3 is 0 Å². The molecule has 2 atom stereocenters. The van der Waals surface area contributed by atoms with Gasteiger partial charge in [-0.25, -0.2) is 9.97 Å². The monoisotopic (exact) mass is 383 g/mol. The quantitative estimate of drug-likeness (QED) is 0.740. The molecular formula is C21H17N7O. The van der Waals surface area contributed by atoms with Crippen molar-refractivity contribution in [3.8, 4) is 17.3 Å². The van der Waals surface area contributed by atoms with Crippen LogP contribution in [0.25, 0.3) is 11.3 Å². The van der Waals surface area contributed by atoms with E-state index in [1.807, 2.05) is 12.1 Å². The molecule has 3 aromatic rings. The van der Waals surface area contributed by atoms with Gasteiger partial charge in [0, 0.05) is 43.4 Å². The first kappa shape index (κ1) is 17.3. The molecule has 0 aliphatic carbocycles. The van der Waals surface area contributed by atoms with Crippen molar-refractivity contribution in [1.82, 2.24) is 19.9 Å². The summed E-state index contributed by atoms with van der Waals surface area (Å²) in [6, 6.07) is 7.80. The van der Waals surface area contributed by atoms with E-state index in [1.54, 1.807) is 24.7 Å². The number of amides is 1. The minimum atomic E-state index is -0.363. The molecule has 3 aromatic heterocycles. The lowest BCUT2D eigenvalue weighted by atomic mass is 9.84. The van der Waals surface area contributed by atoms with Crippen LogP contribution in [0.2, 0.25) is 0 Å². The fourth-order valence-corrected chi connectivity index (χ4v) is 4.17. The molecule has 8 nitrogen and oxygen atoms in total. The second-order valence-electron chi connectivity index (χ2n) is 7.23. The Morgan fingerprint density at radius 3 is 2.97 bits per heavy atom. The fraction of sp³-hybridized carbons (Fsp3) is 0.238. The number of pyridine rings is 2. The number of carbonyl (C=O) groups is 1. The number of hydrogen-bond donors (Lipinski definition) is 1. The van der Waals surface area contributed by atoms with E-state index in [4.69, 9.17) is 10.2 Å². The van der Waals surface area contributed by atoms with Crippen LogP contribution in [0.1, 0.15) is 23.6 Å². The van der Waals surface area contributed by atoms with Crippen molar-refractivity contribution in [2.45, 2.75) is 12.3 Å². The van der Waals surface area contributed by atoms with Crippen molar-refractivity contribution >= 4 is 17.4 Å². The molecule has 29 heavy (non-hydrogen) atoms. The summed E-state index contributed by atoms with van der Waals surface area (Å²) in [5.41, 5.74) is 3.69. The van der Waals surface area contributed by atoms with Crippen LogP contribution in [0.4, 0.5) is 11.5 Å². The summed E-state index contributed by atoms with van der Waals surface area (Å²) in [6.07, 6.45) is 8.79. The maximum absolute atomic E-state index is 13.2. The van der Waals surface area contributed by atoms with Crippen molar-refractivity contribution in [2.75, 3.05) is 23.3 Å². The second kappa shape index (κ2) is 6.95. The van der Waals surface area contributed by atoms with Crippen LogP contribution in [0.15, 0.2) is 49.2 Å². The topological polar surface area (TPSA) is 108 Å². The maximum Gasteiger partial charge on any atom is 0.235 e. The number of aromatic nitrogens is 4. The number of nitriles is 1. The summed E-state index contributed by atoms with van der Waals surface area (Å²) in [5.74, 6) is 0.150. The Morgan fingerprint density at radius 2 is 2.14 bits per heavy atom. The molecule has 2 bridgehead atoms. The van der Waals surface area contributed by atoms with Crippen LogP contribution >= 0.6 is 0 Å². The zero-order valence-electron chi connectivity index (χ0n) is 15.5. The molecule has 8 heteroatoms. The molecule has 1 N–H and O–H groups in total. The smallest absolute Gasteiger partial charge is 0.235 e. The van der Waals surface area contributed by atoms with E-state index in [1.165, 1.54) is 12.4 Å². The number of nitrogens with one attached hydrogen (secondary N) is 1. The van der Waals surface area contributed by atoms with Crippen molar-refractivity contribution in [2.24, 2.45) is 5.92 Å². The van der Waals surface area contributed by atoms with Gasteiger partial charge < -0.3 is 10.2 Å². The van der Waals surface area contributed by atoms with E-state index in [9.17, 15) is 4.79 Å². The first-order valence-electron chi connectivity index (χ1n) is 9.41. The third-order valence-corrected chi connectivity index (χ3v) is 5.49. The van der Waals surface area contributed by atoms with Gasteiger partial charge in [0.2, 0.25) is 5.91 Å². The Kier molecular flexibility index (Phi) is 4.13. The van der Waals surface area contributed by atoms with Crippen molar-refractivity contribution < 1.29 is 4.79 Å². The molecule has 5 rings (SSSR count). The Labute approximate surface area is 167 Å². The van der Waals surface area contributed by atoms with Crippen LogP contribution in [-0.2, 0) is 4.79 Å². The van der Waals surface area contributed by atoms with E-state index in [2.05, 4.69) is 31.2 Å². The normalized spacial score (nSPS) is 19.3. The molecule has 5 heterocycles. The number of fused-ring (bicyclic) bond motifs is 4. The third kappa shape index (κ3) is 3.06. The Hall–Kier alpha value is -3.86. The van der Waals surface area contributed by atoms with Crippen molar-refractivity contribution in [1.29, 1.82) is 5.26 Å². The molecule has 0 saturated carbocycles. The minimum Gasteiger partial charge on any atom is -0.370 e. The van der Waals surface area contributed by atoms with E-state index >= 15 is 0 Å². The van der Waals surface area contributed by atoms with Crippen LogP contribution < -0.4 is 10.2 Å². The van der Waals surface area contributed by atoms with Crippen LogP contribution in [0.5, 0.6) is 0 Å². The van der Waals surface area contributed by atoms with Gasteiger partial charge in [-0.05, 0) is 30.5 Å². The van der Waals surface area contributed by atoms with Gasteiger partial charge in [0.25, 0.3) is 0 Å². The molecule has 142 valence electrons. The fourth-order valence-electron chi connectivity index (χ4n) is 4.17. The van der Waals surface area contributed by atoms with Gasteiger partial charge in [0.1, 0.15) is 6.07 Å². The molecular weight excluding hydrogens is 366 g/mol. The molecule has 1 unspecified atom stereocenters. The predicted molar refractivity (Wildman–Crippen MR) is 106 cm³/mol. The lowest BCUT2D eigenvalue weighted by molar-refractivity contribution is -0.118. The average Bonchev–Trinajstić information content (AvgIpc) is 3.18. The maximum atomic E-state index is 13.2. The van der Waals surface area contributed by atoms with Crippen LogP contribution in [-0.4, -0.2) is 38.9 Å². The summed E-state index contributed by atoms with van der Waals surface area (Å²) in [4.78, 5) is 32.6. The zero-order chi connectivity index (χ0) is 19.8. The van der Waals surface area contributed by atoms with Crippen molar-refractivity contribution in [3.05, 3.63) is 60.4 Å². The summed E-state index contributed by atoms with van der Waals surface area (Å²) in [7, 11) is 0. The van der Waals surface area contributed by atoms with Gasteiger partial charge in [0.05, 0.1) is 34.8 Å². The first-order valence-corrected chi connectivity index (χ1v) is 9.41. The lowest BCUT2D eigenvalue weighted by Gasteiger charge is -2.32. The van der Waals surface area contributed by atoms with Gasteiger partial charge in [-0.2, -0.15) is 5.26 Å². The van der Waals surface area contributed by atoms with E-state index in [0.29, 0.717) is 17.1 Å². The van der Waals surface area contributed by atoms with Gasteiger partial charge in [0.15, 0.2) is 5.82 Å². The highest BCUT2D eigenvalue weighted by atomic mass is 16.2. The molecule has 2 aliphatic rings. The largest absolute Gasteiger partial charge is 0.370 e. The number of carbonyl (C=O) groups excluding carboxylic acids is 1. The summed E-state index contributed by atoms with van der Waals surface area (Å²) < 4.78 is 0. The number of hydrogen-bond acceptors (Lipinski definition) is 7. The number of nitrogens with zero attached hydrogens (tertiary/aromatic N) is 6. The Balaban J connectivity index is 1.55. The highest BCUT2D eigenvalue weighted by Gasteiger charge is 2.43. The standard InChI is InChI=1S/C21H17N7O/c22-8-13-7-15(10-24-9-13)16-1-2-17-20(26-16)19(14-3-6-28(17)12-14)21(29)27-18-11-23-4-5-25-18/h1-2,4-5,7,9-11,14,19H,3,6,12H2,(H,25,27,29)/t14-,19?/m0/s1. The molecule has 2 aliphatic heterocycles. The molecule has 0 radical (unpaired) electrons. The van der Waals surface area contributed by atoms with Crippen molar-refractivity contribution in [3.63, 3.8) is 0 Å². The molecule has 1 saturated heterocycles. The second-order valence-corrected chi connectivity index (χ2v) is 7.23. The van der Waals surface area contributed by atoms with Gasteiger partial charge in [-0.3, -0.25) is 14.8 Å². The van der Waals surface area contributed by atoms with E-state index < -0.39 is 0 Å². The third-order valence-electron chi connectivity index (χ3n) is 5.49. The SMILES string of the molecule is N#Cc1cncc(-c2ccc3c(n2)C(C(=O)Nc2cnccn2)[C@H]2CCN3C2)c1. The molecule has 1 fully saturated rings. The summed E-state index contributed by atoms with van der Waals surface area (Å²) in [5, 5.41) is 12.0.